The number of rotatable bonds is 3. The third kappa shape index (κ3) is 2.92. The Balaban J connectivity index is 2.25. The zero-order valence-electron chi connectivity index (χ0n) is 10.8. The number of carbonyl (C=O) groups is 2. The lowest BCUT2D eigenvalue weighted by atomic mass is 10.1. The molecule has 20 heavy (non-hydrogen) atoms. The normalized spacial score (nSPS) is 19.1. The van der Waals surface area contributed by atoms with Gasteiger partial charge in [-0.15, -0.1) is 0 Å². The van der Waals surface area contributed by atoms with Crippen LogP contribution in [0.15, 0.2) is 6.07 Å². The van der Waals surface area contributed by atoms with E-state index in [1.54, 1.807) is 7.05 Å². The molecule has 110 valence electrons. The van der Waals surface area contributed by atoms with Gasteiger partial charge in [0, 0.05) is 13.6 Å². The van der Waals surface area contributed by atoms with Gasteiger partial charge in [0.25, 0.3) is 5.91 Å². The van der Waals surface area contributed by atoms with Gasteiger partial charge in [0.1, 0.15) is 10.8 Å². The number of aromatic nitrogens is 1. The first-order valence-corrected chi connectivity index (χ1v) is 6.78. The minimum Gasteiger partial charge on any atom is -0.481 e. The molecule has 1 aromatic rings. The van der Waals surface area contributed by atoms with Gasteiger partial charge in [0.15, 0.2) is 0 Å². The van der Waals surface area contributed by atoms with Gasteiger partial charge in [-0.1, -0.05) is 23.2 Å². The Bertz CT molecular complexity index is 544. The van der Waals surface area contributed by atoms with Crippen LogP contribution in [0.2, 0.25) is 10.2 Å². The highest BCUT2D eigenvalue weighted by molar-refractivity contribution is 6.41. The molecule has 0 aromatic carbocycles. The number of morpholine rings is 1. The fourth-order valence-corrected chi connectivity index (χ4v) is 2.56. The zero-order chi connectivity index (χ0) is 14.9. The number of amides is 1. The Morgan fingerprint density at radius 1 is 1.50 bits per heavy atom. The van der Waals surface area contributed by atoms with Crippen LogP contribution in [0.25, 0.3) is 0 Å². The highest BCUT2D eigenvalue weighted by atomic mass is 35.5. The molecule has 0 spiro atoms. The van der Waals surface area contributed by atoms with Crippen molar-refractivity contribution in [2.24, 2.45) is 7.05 Å². The minimum absolute atomic E-state index is 0.155. The number of ether oxygens (including phenoxy) is 1. The fraction of sp³-hybridized carbons (Fsp3) is 0.500. The van der Waals surface area contributed by atoms with Crippen molar-refractivity contribution in [2.75, 3.05) is 19.8 Å². The molecule has 1 fully saturated rings. The van der Waals surface area contributed by atoms with Crippen molar-refractivity contribution >= 4 is 35.1 Å². The molecule has 1 N–H and O–H groups in total. The molecule has 1 aromatic heterocycles. The summed E-state index contributed by atoms with van der Waals surface area (Å²) < 4.78 is 6.73. The van der Waals surface area contributed by atoms with Crippen LogP contribution in [0.5, 0.6) is 0 Å². The average molecular weight is 321 g/mol. The lowest BCUT2D eigenvalue weighted by Crippen LogP contribution is -2.49. The van der Waals surface area contributed by atoms with E-state index in [2.05, 4.69) is 0 Å². The predicted octanol–water partition coefficient (Wildman–Crippen LogP) is 1.65. The summed E-state index contributed by atoms with van der Waals surface area (Å²) in [6, 6.07) is 1.00. The Morgan fingerprint density at radius 2 is 2.20 bits per heavy atom. The molecule has 6 nitrogen and oxygen atoms in total. The number of nitrogens with zero attached hydrogens (tertiary/aromatic N) is 2. The van der Waals surface area contributed by atoms with Gasteiger partial charge in [0.05, 0.1) is 30.7 Å². The first-order chi connectivity index (χ1) is 9.41. The van der Waals surface area contributed by atoms with Crippen molar-refractivity contribution in [2.45, 2.75) is 12.5 Å². The van der Waals surface area contributed by atoms with E-state index in [1.165, 1.54) is 15.5 Å². The van der Waals surface area contributed by atoms with Crippen molar-refractivity contribution in [1.29, 1.82) is 0 Å². The summed E-state index contributed by atoms with van der Waals surface area (Å²) in [6.07, 6.45) is -0.155. The molecule has 2 rings (SSSR count). The van der Waals surface area contributed by atoms with Crippen LogP contribution in [0.3, 0.4) is 0 Å². The Hall–Kier alpha value is -1.24. The van der Waals surface area contributed by atoms with Gasteiger partial charge in [-0.2, -0.15) is 0 Å². The standard InChI is InChI=1S/C12H14Cl2N2O4/c1-15-9(5-8(13)11(15)14)12(19)16-2-3-20-6-7(16)4-10(17)18/h5,7H,2-4,6H2,1H3,(H,17,18). The van der Waals surface area contributed by atoms with Gasteiger partial charge in [-0.05, 0) is 6.07 Å². The van der Waals surface area contributed by atoms with Crippen LogP contribution < -0.4 is 0 Å². The van der Waals surface area contributed by atoms with Crippen LogP contribution in [-0.4, -0.2) is 52.3 Å². The van der Waals surface area contributed by atoms with Crippen LogP contribution in [0, 0.1) is 0 Å². The summed E-state index contributed by atoms with van der Waals surface area (Å²) in [5.74, 6) is -1.27. The third-order valence-electron chi connectivity index (χ3n) is 3.23. The maximum absolute atomic E-state index is 12.5. The second-order valence-corrected chi connectivity index (χ2v) is 5.32. The van der Waals surface area contributed by atoms with Crippen molar-refractivity contribution in [1.82, 2.24) is 9.47 Å². The quantitative estimate of drug-likeness (QED) is 0.919. The highest BCUT2D eigenvalue weighted by Crippen LogP contribution is 2.27. The number of hydrogen-bond donors (Lipinski definition) is 1. The van der Waals surface area contributed by atoms with Gasteiger partial charge in [-0.3, -0.25) is 9.59 Å². The van der Waals surface area contributed by atoms with E-state index in [-0.39, 0.29) is 24.1 Å². The maximum atomic E-state index is 12.5. The molecule has 1 amide bonds. The largest absolute Gasteiger partial charge is 0.481 e. The molecule has 1 unspecified atom stereocenters. The number of aliphatic carboxylic acids is 1. The molecule has 8 heteroatoms. The van der Waals surface area contributed by atoms with Crippen molar-refractivity contribution in [3.05, 3.63) is 21.9 Å². The number of carboxylic acid groups (broad SMARTS) is 1. The monoisotopic (exact) mass is 320 g/mol. The molecule has 0 bridgehead atoms. The topological polar surface area (TPSA) is 71.8 Å². The first kappa shape index (κ1) is 15.2. The number of hydrogen-bond acceptors (Lipinski definition) is 3. The molecular weight excluding hydrogens is 307 g/mol. The Labute approximate surface area is 125 Å². The SMILES string of the molecule is Cn1c(C(=O)N2CCOCC2CC(=O)O)cc(Cl)c1Cl. The molecule has 0 aliphatic carbocycles. The number of carbonyl (C=O) groups excluding carboxylic acids is 1. The van der Waals surface area contributed by atoms with Crippen LogP contribution >= 0.6 is 23.2 Å². The molecule has 1 aliphatic rings. The van der Waals surface area contributed by atoms with E-state index in [9.17, 15) is 9.59 Å². The van der Waals surface area contributed by atoms with E-state index in [0.717, 1.165) is 0 Å². The second-order valence-electron chi connectivity index (χ2n) is 4.55. The smallest absolute Gasteiger partial charge is 0.305 e. The second kappa shape index (κ2) is 6.03. The first-order valence-electron chi connectivity index (χ1n) is 6.03. The summed E-state index contributed by atoms with van der Waals surface area (Å²) in [4.78, 5) is 24.9. The summed E-state index contributed by atoms with van der Waals surface area (Å²) >= 11 is 11.8. The van der Waals surface area contributed by atoms with E-state index >= 15 is 0 Å². The van der Waals surface area contributed by atoms with Crippen LogP contribution in [0.4, 0.5) is 0 Å². The zero-order valence-corrected chi connectivity index (χ0v) is 12.3. The summed E-state index contributed by atoms with van der Waals surface area (Å²) in [5.41, 5.74) is 0.331. The van der Waals surface area contributed by atoms with E-state index in [4.69, 9.17) is 33.0 Å². The van der Waals surface area contributed by atoms with Gasteiger partial charge in [-0.25, -0.2) is 0 Å². The fourth-order valence-electron chi connectivity index (χ4n) is 2.19. The highest BCUT2D eigenvalue weighted by Gasteiger charge is 2.31. The van der Waals surface area contributed by atoms with E-state index in [1.807, 2.05) is 0 Å². The summed E-state index contributed by atoms with van der Waals surface area (Å²) in [6.45, 7) is 0.939. The Morgan fingerprint density at radius 3 is 2.75 bits per heavy atom. The van der Waals surface area contributed by atoms with Crippen molar-refractivity contribution < 1.29 is 19.4 Å². The van der Waals surface area contributed by atoms with E-state index in [0.29, 0.717) is 23.9 Å². The lowest BCUT2D eigenvalue weighted by Gasteiger charge is -2.34. The molecule has 1 saturated heterocycles. The maximum Gasteiger partial charge on any atom is 0.305 e. The van der Waals surface area contributed by atoms with Crippen LogP contribution in [-0.2, 0) is 16.6 Å². The van der Waals surface area contributed by atoms with Crippen molar-refractivity contribution in [3.8, 4) is 0 Å². The minimum atomic E-state index is -0.971. The summed E-state index contributed by atoms with van der Waals surface area (Å²) in [7, 11) is 1.63. The van der Waals surface area contributed by atoms with Gasteiger partial charge in [0.2, 0.25) is 0 Å². The molecule has 2 heterocycles. The predicted molar refractivity (Wildman–Crippen MR) is 73.3 cm³/mol. The molecule has 0 radical (unpaired) electrons. The Kier molecular flexibility index (Phi) is 4.57. The van der Waals surface area contributed by atoms with Crippen LogP contribution in [0.1, 0.15) is 16.9 Å². The molecule has 0 saturated carbocycles. The number of carboxylic acids is 1. The van der Waals surface area contributed by atoms with Crippen molar-refractivity contribution in [3.63, 3.8) is 0 Å². The third-order valence-corrected chi connectivity index (χ3v) is 4.08. The number of halogens is 2. The van der Waals surface area contributed by atoms with E-state index < -0.39 is 12.0 Å². The molecular formula is C12H14Cl2N2O4. The van der Waals surface area contributed by atoms with Gasteiger partial charge < -0.3 is 19.3 Å². The lowest BCUT2D eigenvalue weighted by molar-refractivity contribution is -0.139. The molecule has 1 atom stereocenters. The van der Waals surface area contributed by atoms with Gasteiger partial charge >= 0.3 is 5.97 Å². The molecule has 1 aliphatic heterocycles. The average Bonchev–Trinajstić information content (AvgIpc) is 2.66. The summed E-state index contributed by atoms with van der Waals surface area (Å²) in [5, 5.41) is 9.47.